The van der Waals surface area contributed by atoms with Gasteiger partial charge in [-0.25, -0.2) is 4.79 Å². The highest BCUT2D eigenvalue weighted by Gasteiger charge is 2.28. The third kappa shape index (κ3) is 4.84. The molecule has 3 N–H and O–H groups in total. The molecule has 2 rings (SSSR count). The summed E-state index contributed by atoms with van der Waals surface area (Å²) in [5.41, 5.74) is 5.56. The highest BCUT2D eigenvalue weighted by Crippen LogP contribution is 2.31. The number of carboxylic acid groups (broad SMARTS) is 1. The standard InChI is InChI=1S/C16H21NO5.ClH/c1-21-12-6-7-14(13(8-12)15(18)19)22-16(20)11-4-2-10(9-17)3-5-11;/h6-8,10-11H,2-5,9,17H2,1H3,(H,18,19);1H. The van der Waals surface area contributed by atoms with Gasteiger partial charge in [0.2, 0.25) is 0 Å². The molecule has 0 aromatic heterocycles. The van der Waals surface area contributed by atoms with E-state index in [0.717, 1.165) is 25.7 Å². The Morgan fingerprint density at radius 1 is 1.26 bits per heavy atom. The summed E-state index contributed by atoms with van der Waals surface area (Å²) in [7, 11) is 1.45. The first-order valence-electron chi connectivity index (χ1n) is 7.38. The topological polar surface area (TPSA) is 98.9 Å². The fourth-order valence-electron chi connectivity index (χ4n) is 2.72. The predicted octanol–water partition coefficient (Wildman–Crippen LogP) is 2.49. The van der Waals surface area contributed by atoms with Crippen molar-refractivity contribution >= 4 is 24.3 Å². The molecule has 1 aliphatic rings. The molecule has 0 atom stereocenters. The minimum absolute atomic E-state index is 0. The molecule has 0 amide bonds. The van der Waals surface area contributed by atoms with Crippen molar-refractivity contribution in [2.75, 3.05) is 13.7 Å². The van der Waals surface area contributed by atoms with E-state index >= 15 is 0 Å². The number of aromatic carboxylic acids is 1. The number of hydrogen-bond donors (Lipinski definition) is 2. The van der Waals surface area contributed by atoms with Gasteiger partial charge in [-0.1, -0.05) is 0 Å². The number of methoxy groups -OCH3 is 1. The van der Waals surface area contributed by atoms with Gasteiger partial charge in [-0.3, -0.25) is 4.79 Å². The number of halogens is 1. The summed E-state index contributed by atoms with van der Waals surface area (Å²) >= 11 is 0. The lowest BCUT2D eigenvalue weighted by atomic mass is 9.82. The monoisotopic (exact) mass is 343 g/mol. The maximum atomic E-state index is 12.2. The fourth-order valence-corrected chi connectivity index (χ4v) is 2.72. The van der Waals surface area contributed by atoms with Gasteiger partial charge in [0.15, 0.2) is 0 Å². The third-order valence-corrected chi connectivity index (χ3v) is 4.14. The third-order valence-electron chi connectivity index (χ3n) is 4.14. The second-order valence-electron chi connectivity index (χ2n) is 5.54. The number of benzene rings is 1. The van der Waals surface area contributed by atoms with Crippen LogP contribution >= 0.6 is 12.4 Å². The molecule has 0 saturated heterocycles. The van der Waals surface area contributed by atoms with Crippen molar-refractivity contribution in [1.29, 1.82) is 0 Å². The number of ether oxygens (including phenoxy) is 2. The lowest BCUT2D eigenvalue weighted by Gasteiger charge is -2.26. The zero-order valence-corrected chi connectivity index (χ0v) is 13.8. The van der Waals surface area contributed by atoms with Gasteiger partial charge in [-0.2, -0.15) is 0 Å². The average Bonchev–Trinajstić information content (AvgIpc) is 2.55. The van der Waals surface area contributed by atoms with Crippen LogP contribution in [-0.2, 0) is 4.79 Å². The number of carbonyl (C=O) groups excluding carboxylic acids is 1. The van der Waals surface area contributed by atoms with Gasteiger partial charge in [0.1, 0.15) is 17.1 Å². The molecule has 0 spiro atoms. The Balaban J connectivity index is 0.00000264. The number of carboxylic acids is 1. The van der Waals surface area contributed by atoms with Gasteiger partial charge in [0.05, 0.1) is 13.0 Å². The summed E-state index contributed by atoms with van der Waals surface area (Å²) in [5.74, 6) is -0.789. The Kier molecular flexibility index (Phi) is 7.32. The van der Waals surface area contributed by atoms with Crippen molar-refractivity contribution in [3.05, 3.63) is 23.8 Å². The first-order chi connectivity index (χ1) is 10.5. The highest BCUT2D eigenvalue weighted by molar-refractivity contribution is 5.92. The normalized spacial score (nSPS) is 20.3. The van der Waals surface area contributed by atoms with Gasteiger partial charge < -0.3 is 20.3 Å². The van der Waals surface area contributed by atoms with Crippen molar-refractivity contribution in [3.63, 3.8) is 0 Å². The van der Waals surface area contributed by atoms with E-state index in [-0.39, 0.29) is 35.6 Å². The number of carbonyl (C=O) groups is 2. The van der Waals surface area contributed by atoms with E-state index in [1.165, 1.54) is 19.2 Å². The fraction of sp³-hybridized carbons (Fsp3) is 0.500. The van der Waals surface area contributed by atoms with Crippen LogP contribution in [0.4, 0.5) is 0 Å². The highest BCUT2D eigenvalue weighted by atomic mass is 35.5. The van der Waals surface area contributed by atoms with Crippen LogP contribution in [0, 0.1) is 11.8 Å². The minimum Gasteiger partial charge on any atom is -0.497 e. The van der Waals surface area contributed by atoms with Crippen LogP contribution in [0.15, 0.2) is 18.2 Å². The summed E-state index contributed by atoms with van der Waals surface area (Å²) in [6.45, 7) is 0.642. The van der Waals surface area contributed by atoms with Gasteiger partial charge in [-0.05, 0) is 56.3 Å². The second kappa shape index (κ2) is 8.74. The van der Waals surface area contributed by atoms with Gasteiger partial charge >= 0.3 is 11.9 Å². The predicted molar refractivity (Wildman–Crippen MR) is 87.3 cm³/mol. The van der Waals surface area contributed by atoms with E-state index in [1.54, 1.807) is 6.07 Å². The van der Waals surface area contributed by atoms with E-state index in [1.807, 2.05) is 0 Å². The second-order valence-corrected chi connectivity index (χ2v) is 5.54. The van der Waals surface area contributed by atoms with Crippen LogP contribution in [0.2, 0.25) is 0 Å². The Bertz CT molecular complexity index is 555. The average molecular weight is 344 g/mol. The van der Waals surface area contributed by atoms with Crippen molar-refractivity contribution in [3.8, 4) is 11.5 Å². The van der Waals surface area contributed by atoms with E-state index in [2.05, 4.69) is 0 Å². The Hall–Kier alpha value is -1.79. The summed E-state index contributed by atoms with van der Waals surface area (Å²) < 4.78 is 10.3. The molecule has 0 heterocycles. The number of rotatable bonds is 5. The summed E-state index contributed by atoms with van der Waals surface area (Å²) in [6.07, 6.45) is 3.29. The summed E-state index contributed by atoms with van der Waals surface area (Å²) in [6, 6.07) is 4.36. The molecule has 0 unspecified atom stereocenters. The van der Waals surface area contributed by atoms with Gasteiger partial charge in [0.25, 0.3) is 0 Å². The van der Waals surface area contributed by atoms with Crippen molar-refractivity contribution in [2.24, 2.45) is 17.6 Å². The smallest absolute Gasteiger partial charge is 0.339 e. The zero-order valence-electron chi connectivity index (χ0n) is 13.0. The quantitative estimate of drug-likeness (QED) is 0.629. The molecule has 23 heavy (non-hydrogen) atoms. The molecule has 1 aliphatic carbocycles. The maximum Gasteiger partial charge on any atom is 0.339 e. The maximum absolute atomic E-state index is 12.2. The van der Waals surface area contributed by atoms with Crippen LogP contribution in [-0.4, -0.2) is 30.7 Å². The molecule has 0 aliphatic heterocycles. The largest absolute Gasteiger partial charge is 0.497 e. The molecule has 1 aromatic carbocycles. The van der Waals surface area contributed by atoms with Crippen LogP contribution in [0.25, 0.3) is 0 Å². The molecule has 6 nitrogen and oxygen atoms in total. The van der Waals surface area contributed by atoms with E-state index in [9.17, 15) is 14.7 Å². The molecule has 7 heteroatoms. The van der Waals surface area contributed by atoms with Gasteiger partial charge in [0, 0.05) is 0 Å². The first kappa shape index (κ1) is 19.3. The molecule has 1 fully saturated rings. The molecular weight excluding hydrogens is 322 g/mol. The number of esters is 1. The first-order valence-corrected chi connectivity index (χ1v) is 7.38. The van der Waals surface area contributed by atoms with Crippen molar-refractivity contribution < 1.29 is 24.2 Å². The van der Waals surface area contributed by atoms with E-state index in [0.29, 0.717) is 18.2 Å². The van der Waals surface area contributed by atoms with Crippen LogP contribution in [0.5, 0.6) is 11.5 Å². The summed E-state index contributed by atoms with van der Waals surface area (Å²) in [5, 5.41) is 9.21. The lowest BCUT2D eigenvalue weighted by molar-refractivity contribution is -0.140. The van der Waals surface area contributed by atoms with Crippen molar-refractivity contribution in [2.45, 2.75) is 25.7 Å². The SMILES string of the molecule is COc1ccc(OC(=O)C2CCC(CN)CC2)c(C(=O)O)c1.Cl. The van der Waals surface area contributed by atoms with Crippen molar-refractivity contribution in [1.82, 2.24) is 0 Å². The molecule has 1 aromatic rings. The van der Waals surface area contributed by atoms with Crippen LogP contribution in [0.3, 0.4) is 0 Å². The Morgan fingerprint density at radius 2 is 1.91 bits per heavy atom. The van der Waals surface area contributed by atoms with E-state index < -0.39 is 5.97 Å². The van der Waals surface area contributed by atoms with Gasteiger partial charge in [-0.15, -0.1) is 12.4 Å². The molecule has 0 radical (unpaired) electrons. The van der Waals surface area contributed by atoms with Crippen LogP contribution < -0.4 is 15.2 Å². The zero-order chi connectivity index (χ0) is 16.1. The molecular formula is C16H22ClNO5. The Labute approximate surface area is 141 Å². The minimum atomic E-state index is -1.16. The number of nitrogens with two attached hydrogens (primary N) is 1. The van der Waals surface area contributed by atoms with E-state index in [4.69, 9.17) is 15.2 Å². The number of hydrogen-bond acceptors (Lipinski definition) is 5. The molecule has 1 saturated carbocycles. The molecule has 0 bridgehead atoms. The molecule has 128 valence electrons. The van der Waals surface area contributed by atoms with Crippen LogP contribution in [0.1, 0.15) is 36.0 Å². The lowest BCUT2D eigenvalue weighted by Crippen LogP contribution is -2.28. The Morgan fingerprint density at radius 3 is 2.43 bits per heavy atom. The summed E-state index contributed by atoms with van der Waals surface area (Å²) in [4.78, 5) is 23.5.